The van der Waals surface area contributed by atoms with Gasteiger partial charge in [0.15, 0.2) is 11.6 Å². The summed E-state index contributed by atoms with van der Waals surface area (Å²) in [6.07, 6.45) is 0.831. The van der Waals surface area contributed by atoms with Gasteiger partial charge in [0.2, 0.25) is 0 Å². The maximum Gasteiger partial charge on any atom is 0.354 e. The van der Waals surface area contributed by atoms with Crippen LogP contribution < -0.4 is 0 Å². The number of halogens is 2. The fourth-order valence-corrected chi connectivity index (χ4v) is 3.20. The van der Waals surface area contributed by atoms with Gasteiger partial charge in [0.25, 0.3) is 0 Å². The average Bonchev–Trinajstić information content (AvgIpc) is 2.28. The first-order valence-electron chi connectivity index (χ1n) is 6.32. The second-order valence-electron chi connectivity index (χ2n) is 4.84. The van der Waals surface area contributed by atoms with Gasteiger partial charge in [-0.15, -0.1) is 0 Å². The van der Waals surface area contributed by atoms with E-state index in [2.05, 4.69) is 0 Å². The molecule has 20 heavy (non-hydrogen) atoms. The third-order valence-corrected chi connectivity index (χ3v) is 4.05. The van der Waals surface area contributed by atoms with E-state index in [9.17, 15) is 13.3 Å². The molecule has 1 aromatic carbocycles. The van der Waals surface area contributed by atoms with Gasteiger partial charge in [-0.05, 0) is 51.5 Å². The maximum absolute atomic E-state index is 13.1. The molecule has 3 nitrogen and oxygen atoms in total. The van der Waals surface area contributed by atoms with Crippen molar-refractivity contribution >= 4 is 13.7 Å². The van der Waals surface area contributed by atoms with Gasteiger partial charge >= 0.3 is 7.60 Å². The van der Waals surface area contributed by atoms with Crippen molar-refractivity contribution in [1.29, 1.82) is 0 Å². The lowest BCUT2D eigenvalue weighted by Gasteiger charge is -2.19. The number of hydrogen-bond donors (Lipinski definition) is 0. The standard InChI is InChI=1S/C14H19F2O3P/c1-10(2)18-20(17,19-11(3)4)8-7-12-5-6-13(15)14(16)9-12/h5-11H,1-4H3. The minimum atomic E-state index is -3.42. The fourth-order valence-electron chi connectivity index (χ4n) is 1.48. The molecule has 0 aliphatic heterocycles. The quantitative estimate of drug-likeness (QED) is 0.695. The Morgan fingerprint density at radius 2 is 1.60 bits per heavy atom. The van der Waals surface area contributed by atoms with Crippen molar-refractivity contribution in [1.82, 2.24) is 0 Å². The predicted octanol–water partition coefficient (Wildman–Crippen LogP) is 4.98. The summed E-state index contributed by atoms with van der Waals surface area (Å²) in [7, 11) is -3.42. The van der Waals surface area contributed by atoms with Crippen molar-refractivity contribution in [2.75, 3.05) is 0 Å². The number of rotatable bonds is 6. The molecule has 0 aliphatic carbocycles. The zero-order valence-corrected chi connectivity index (χ0v) is 12.9. The molecule has 0 heterocycles. The summed E-state index contributed by atoms with van der Waals surface area (Å²) in [5.41, 5.74) is 0.379. The Morgan fingerprint density at radius 3 is 2.05 bits per heavy atom. The van der Waals surface area contributed by atoms with E-state index in [0.717, 1.165) is 12.1 Å². The highest BCUT2D eigenvalue weighted by Crippen LogP contribution is 2.52. The van der Waals surface area contributed by atoms with Gasteiger partial charge in [-0.3, -0.25) is 4.57 Å². The minimum Gasteiger partial charge on any atom is -0.303 e. The Morgan fingerprint density at radius 1 is 1.05 bits per heavy atom. The van der Waals surface area contributed by atoms with Gasteiger partial charge < -0.3 is 9.05 Å². The van der Waals surface area contributed by atoms with E-state index in [-0.39, 0.29) is 12.2 Å². The van der Waals surface area contributed by atoms with Crippen LogP contribution in [0.15, 0.2) is 24.0 Å². The summed E-state index contributed by atoms with van der Waals surface area (Å²) in [4.78, 5) is 0. The van der Waals surface area contributed by atoms with E-state index in [1.54, 1.807) is 27.7 Å². The minimum absolute atomic E-state index is 0.283. The molecule has 0 spiro atoms. The Kier molecular flexibility index (Phi) is 6.06. The Labute approximate surface area is 118 Å². The zero-order chi connectivity index (χ0) is 15.3. The van der Waals surface area contributed by atoms with Gasteiger partial charge in [0.05, 0.1) is 12.2 Å². The summed E-state index contributed by atoms with van der Waals surface area (Å²) in [6, 6.07) is 3.40. The van der Waals surface area contributed by atoms with Crippen molar-refractivity contribution in [2.24, 2.45) is 0 Å². The molecule has 0 saturated carbocycles. The molecule has 0 radical (unpaired) electrons. The topological polar surface area (TPSA) is 35.5 Å². The molecule has 0 saturated heterocycles. The lowest BCUT2D eigenvalue weighted by molar-refractivity contribution is 0.149. The molecule has 112 valence electrons. The van der Waals surface area contributed by atoms with Crippen LogP contribution in [0.3, 0.4) is 0 Å². The lowest BCUT2D eigenvalue weighted by atomic mass is 10.2. The van der Waals surface area contributed by atoms with Gasteiger partial charge in [-0.1, -0.05) is 6.07 Å². The van der Waals surface area contributed by atoms with Crippen LogP contribution >= 0.6 is 7.60 Å². The first-order chi connectivity index (χ1) is 9.22. The van der Waals surface area contributed by atoms with E-state index < -0.39 is 19.2 Å². The molecule has 0 fully saturated rings. The molecular formula is C14H19F2O3P. The van der Waals surface area contributed by atoms with Crippen molar-refractivity contribution in [2.45, 2.75) is 39.9 Å². The van der Waals surface area contributed by atoms with Crippen LogP contribution in [-0.4, -0.2) is 12.2 Å². The van der Waals surface area contributed by atoms with E-state index in [4.69, 9.17) is 9.05 Å². The Bertz CT molecular complexity index is 513. The first kappa shape index (κ1) is 17.0. The molecule has 1 aromatic rings. The van der Waals surface area contributed by atoms with E-state index in [0.29, 0.717) is 5.56 Å². The van der Waals surface area contributed by atoms with Crippen LogP contribution in [-0.2, 0) is 13.6 Å². The third kappa shape index (κ3) is 5.53. The van der Waals surface area contributed by atoms with Crippen LogP contribution in [0.25, 0.3) is 6.08 Å². The van der Waals surface area contributed by atoms with Crippen LogP contribution in [0.5, 0.6) is 0 Å². The van der Waals surface area contributed by atoms with Crippen LogP contribution in [0.1, 0.15) is 33.3 Å². The van der Waals surface area contributed by atoms with Gasteiger partial charge in [0, 0.05) is 5.82 Å². The molecule has 0 N–H and O–H groups in total. The monoisotopic (exact) mass is 304 g/mol. The Balaban J connectivity index is 2.96. The van der Waals surface area contributed by atoms with Crippen LogP contribution in [0, 0.1) is 11.6 Å². The predicted molar refractivity (Wildman–Crippen MR) is 75.4 cm³/mol. The summed E-state index contributed by atoms with van der Waals surface area (Å²) < 4.78 is 49.0. The number of benzene rings is 1. The van der Waals surface area contributed by atoms with Gasteiger partial charge in [-0.2, -0.15) is 0 Å². The second-order valence-corrected chi connectivity index (χ2v) is 6.64. The molecule has 0 amide bonds. The highest BCUT2D eigenvalue weighted by molar-refractivity contribution is 7.57. The summed E-state index contributed by atoms with van der Waals surface area (Å²) in [5.74, 6) is -0.626. The second kappa shape index (κ2) is 7.11. The molecule has 1 rings (SSSR count). The van der Waals surface area contributed by atoms with Crippen LogP contribution in [0.2, 0.25) is 0 Å². The average molecular weight is 304 g/mol. The highest BCUT2D eigenvalue weighted by atomic mass is 31.2. The zero-order valence-electron chi connectivity index (χ0n) is 12.0. The summed E-state index contributed by atoms with van der Waals surface area (Å²) >= 11 is 0. The van der Waals surface area contributed by atoms with Crippen molar-refractivity contribution in [3.63, 3.8) is 0 Å². The molecule has 6 heteroatoms. The summed E-state index contributed by atoms with van der Waals surface area (Å²) in [6.45, 7) is 6.95. The number of hydrogen-bond acceptors (Lipinski definition) is 3. The molecule has 0 aliphatic rings. The maximum atomic E-state index is 13.1. The normalized spacial score (nSPS) is 12.8. The largest absolute Gasteiger partial charge is 0.354 e. The van der Waals surface area contributed by atoms with Crippen molar-refractivity contribution < 1.29 is 22.4 Å². The molecule has 0 aromatic heterocycles. The van der Waals surface area contributed by atoms with Crippen molar-refractivity contribution in [3.05, 3.63) is 41.2 Å². The third-order valence-electron chi connectivity index (χ3n) is 2.11. The van der Waals surface area contributed by atoms with E-state index in [1.165, 1.54) is 18.0 Å². The molecule has 0 atom stereocenters. The van der Waals surface area contributed by atoms with Crippen LogP contribution in [0.4, 0.5) is 8.78 Å². The summed E-state index contributed by atoms with van der Waals surface area (Å²) in [5, 5.41) is 0. The SMILES string of the molecule is CC(C)OP(=O)(C=Cc1ccc(F)c(F)c1)OC(C)C. The van der Waals surface area contributed by atoms with Gasteiger partial charge in [-0.25, -0.2) is 8.78 Å². The Hall–Kier alpha value is -1.03. The molecule has 0 unspecified atom stereocenters. The van der Waals surface area contributed by atoms with E-state index >= 15 is 0 Å². The smallest absolute Gasteiger partial charge is 0.303 e. The molecule has 0 bridgehead atoms. The molecular weight excluding hydrogens is 285 g/mol. The fraction of sp³-hybridized carbons (Fsp3) is 0.429. The van der Waals surface area contributed by atoms with Gasteiger partial charge in [0.1, 0.15) is 0 Å². The van der Waals surface area contributed by atoms with E-state index in [1.807, 2.05) is 0 Å². The lowest BCUT2D eigenvalue weighted by Crippen LogP contribution is -2.06. The first-order valence-corrected chi connectivity index (χ1v) is 7.94. The highest BCUT2D eigenvalue weighted by Gasteiger charge is 2.24. The van der Waals surface area contributed by atoms with Crippen molar-refractivity contribution in [3.8, 4) is 0 Å².